The number of ether oxygens (including phenoxy) is 1. The molecular formula is C24H20ClFN2O4S. The Morgan fingerprint density at radius 1 is 1.24 bits per heavy atom. The van der Waals surface area contributed by atoms with E-state index in [9.17, 15) is 14.0 Å². The van der Waals surface area contributed by atoms with Gasteiger partial charge < -0.3 is 14.7 Å². The van der Waals surface area contributed by atoms with Crippen LogP contribution in [0.2, 0.25) is 5.02 Å². The minimum Gasteiger partial charge on any atom is -0.482 e. The summed E-state index contributed by atoms with van der Waals surface area (Å²) in [6.07, 6.45) is 1.35. The number of rotatable bonds is 6. The van der Waals surface area contributed by atoms with Gasteiger partial charge >= 0.3 is 5.97 Å². The smallest absolute Gasteiger partial charge is 0.341 e. The largest absolute Gasteiger partial charge is 0.482 e. The number of halogens is 2. The van der Waals surface area contributed by atoms with Crippen LogP contribution in [-0.4, -0.2) is 40.0 Å². The van der Waals surface area contributed by atoms with Gasteiger partial charge in [-0.1, -0.05) is 23.7 Å². The molecule has 1 N–H and O–H groups in total. The number of thiazole rings is 1. The number of hydrogen-bond acceptors (Lipinski definition) is 5. The molecule has 1 unspecified atom stereocenters. The van der Waals surface area contributed by atoms with Crippen molar-refractivity contribution in [3.8, 4) is 5.75 Å². The second kappa shape index (κ2) is 8.76. The molecule has 1 fully saturated rings. The van der Waals surface area contributed by atoms with Crippen LogP contribution in [0.5, 0.6) is 5.75 Å². The molecule has 9 heteroatoms. The van der Waals surface area contributed by atoms with Crippen LogP contribution in [0.1, 0.15) is 40.1 Å². The van der Waals surface area contributed by atoms with Gasteiger partial charge in [0.05, 0.1) is 22.1 Å². The van der Waals surface area contributed by atoms with Crippen molar-refractivity contribution in [2.24, 2.45) is 5.92 Å². The molecule has 33 heavy (non-hydrogen) atoms. The number of hydrogen-bond donors (Lipinski definition) is 1. The van der Waals surface area contributed by atoms with E-state index < -0.39 is 18.6 Å². The van der Waals surface area contributed by atoms with Crippen molar-refractivity contribution in [1.82, 2.24) is 9.88 Å². The van der Waals surface area contributed by atoms with Gasteiger partial charge in [0, 0.05) is 29.5 Å². The Bertz CT molecular complexity index is 1220. The van der Waals surface area contributed by atoms with Crippen LogP contribution < -0.4 is 4.74 Å². The summed E-state index contributed by atoms with van der Waals surface area (Å²) in [7, 11) is 0. The summed E-state index contributed by atoms with van der Waals surface area (Å²) in [5.41, 5.74) is 4.27. The molecule has 1 aliphatic carbocycles. The molecular weight excluding hydrogens is 467 g/mol. The highest BCUT2D eigenvalue weighted by molar-refractivity contribution is 7.09. The van der Waals surface area contributed by atoms with Gasteiger partial charge in [0.2, 0.25) is 5.91 Å². The minimum atomic E-state index is -1.09. The first-order valence-corrected chi connectivity index (χ1v) is 11.8. The number of carboxylic acids is 1. The summed E-state index contributed by atoms with van der Waals surface area (Å²) in [6, 6.07) is 10.8. The number of aromatic nitrogens is 1. The lowest BCUT2D eigenvalue weighted by Gasteiger charge is -2.36. The van der Waals surface area contributed by atoms with E-state index in [2.05, 4.69) is 4.98 Å². The molecule has 5 rings (SSSR count). The number of aliphatic carboxylic acids is 1. The normalized spacial score (nSPS) is 21.4. The topological polar surface area (TPSA) is 79.7 Å². The molecule has 0 saturated heterocycles. The third-order valence-corrected chi connectivity index (χ3v) is 7.29. The van der Waals surface area contributed by atoms with Crippen LogP contribution in [0.15, 0.2) is 48.0 Å². The zero-order valence-corrected chi connectivity index (χ0v) is 19.0. The number of carbonyl (C=O) groups is 2. The average molecular weight is 487 g/mol. The number of carbonyl (C=O) groups excluding carboxylic acids is 1. The van der Waals surface area contributed by atoms with E-state index in [4.69, 9.17) is 21.4 Å². The van der Waals surface area contributed by atoms with Crippen LogP contribution >= 0.6 is 22.9 Å². The molecule has 0 radical (unpaired) electrons. The van der Waals surface area contributed by atoms with Crippen molar-refractivity contribution >= 4 is 34.8 Å². The van der Waals surface area contributed by atoms with Gasteiger partial charge in [-0.2, -0.15) is 0 Å². The first-order chi connectivity index (χ1) is 15.9. The van der Waals surface area contributed by atoms with Crippen LogP contribution in [-0.2, 0) is 16.0 Å². The summed E-state index contributed by atoms with van der Waals surface area (Å²) in [4.78, 5) is 32.0. The Morgan fingerprint density at radius 3 is 2.79 bits per heavy atom. The summed E-state index contributed by atoms with van der Waals surface area (Å²) < 4.78 is 18.9. The van der Waals surface area contributed by atoms with Gasteiger partial charge in [-0.15, -0.1) is 11.3 Å². The summed E-state index contributed by atoms with van der Waals surface area (Å²) in [5, 5.41) is 9.55. The minimum absolute atomic E-state index is 0.0116. The lowest BCUT2D eigenvalue weighted by atomic mass is 9.95. The summed E-state index contributed by atoms with van der Waals surface area (Å²) >= 11 is 7.76. The number of carboxylic acid groups (broad SMARTS) is 1. The van der Waals surface area contributed by atoms with Crippen molar-refractivity contribution < 1.29 is 23.8 Å². The fourth-order valence-corrected chi connectivity index (χ4v) is 5.64. The number of nitrogens with zero attached hydrogens (tertiary/aromatic N) is 2. The van der Waals surface area contributed by atoms with Gasteiger partial charge in [-0.05, 0) is 48.2 Å². The van der Waals surface area contributed by atoms with Crippen molar-refractivity contribution in [2.45, 2.75) is 24.8 Å². The third kappa shape index (κ3) is 4.32. The maximum Gasteiger partial charge on any atom is 0.341 e. The fourth-order valence-electron chi connectivity index (χ4n) is 4.50. The predicted octanol–water partition coefficient (Wildman–Crippen LogP) is 4.68. The molecule has 1 aromatic heterocycles. The molecule has 1 amide bonds. The molecule has 3 atom stereocenters. The number of benzene rings is 2. The van der Waals surface area contributed by atoms with Crippen LogP contribution in [0.4, 0.5) is 4.39 Å². The van der Waals surface area contributed by atoms with E-state index in [0.29, 0.717) is 35.7 Å². The maximum atomic E-state index is 13.7. The third-order valence-electron chi connectivity index (χ3n) is 6.13. The van der Waals surface area contributed by atoms with Gasteiger partial charge in [0.25, 0.3) is 0 Å². The van der Waals surface area contributed by atoms with E-state index in [1.807, 2.05) is 4.90 Å². The van der Waals surface area contributed by atoms with Crippen LogP contribution in [0.25, 0.3) is 0 Å². The Balaban J connectivity index is 1.48. The van der Waals surface area contributed by atoms with E-state index in [1.165, 1.54) is 23.5 Å². The lowest BCUT2D eigenvalue weighted by Crippen LogP contribution is -2.41. The van der Waals surface area contributed by atoms with E-state index >= 15 is 0 Å². The highest BCUT2D eigenvalue weighted by Gasteiger charge is 2.48. The number of amides is 1. The summed E-state index contributed by atoms with van der Waals surface area (Å²) in [5.74, 6) is -1.13. The lowest BCUT2D eigenvalue weighted by molar-refractivity contribution is -0.139. The summed E-state index contributed by atoms with van der Waals surface area (Å²) in [6.45, 7) is -0.0160. The molecule has 2 aromatic carbocycles. The molecule has 170 valence electrons. The molecule has 1 saturated carbocycles. The zero-order valence-electron chi connectivity index (χ0n) is 17.4. The van der Waals surface area contributed by atoms with E-state index in [-0.39, 0.29) is 23.6 Å². The van der Waals surface area contributed by atoms with Crippen molar-refractivity contribution in [2.75, 3.05) is 13.2 Å². The molecule has 6 nitrogen and oxygen atoms in total. The average Bonchev–Trinajstić information content (AvgIpc) is 3.45. The highest BCUT2D eigenvalue weighted by atomic mass is 35.5. The molecule has 2 aliphatic rings. The standard InChI is InChI=1S/C24H20ClFN2O4S/c25-14-3-6-20(32-11-21(29)30)18(9-14)22-23-19(27-12-33-23)7-8-28(22)24(31)17-10-16(17)13-1-4-15(26)5-2-13/h1-6,9,12,16-17,22H,7-8,10-11H2,(H,29,30)/t16-,17+,22?/m0/s1. The van der Waals surface area contributed by atoms with Crippen molar-refractivity contribution in [3.05, 3.63) is 80.5 Å². The molecule has 1 aliphatic heterocycles. The maximum absolute atomic E-state index is 13.7. The second-order valence-electron chi connectivity index (χ2n) is 8.21. The van der Waals surface area contributed by atoms with Crippen LogP contribution in [0, 0.1) is 11.7 Å². The fraction of sp³-hybridized carbons (Fsp3) is 0.292. The van der Waals surface area contributed by atoms with Crippen molar-refractivity contribution in [3.63, 3.8) is 0 Å². The molecule has 0 bridgehead atoms. The van der Waals surface area contributed by atoms with Gasteiger partial charge in [-0.25, -0.2) is 14.2 Å². The molecule has 3 aromatic rings. The van der Waals surface area contributed by atoms with Gasteiger partial charge in [0.15, 0.2) is 6.61 Å². The Kier molecular flexibility index (Phi) is 5.80. The molecule has 2 heterocycles. The SMILES string of the molecule is O=C(O)COc1ccc(Cl)cc1C1c2scnc2CCN1C(=O)[C@@H]1C[C@H]1c1ccc(F)cc1. The van der Waals surface area contributed by atoms with Gasteiger partial charge in [0.1, 0.15) is 11.6 Å². The monoisotopic (exact) mass is 486 g/mol. The first kappa shape index (κ1) is 21.9. The van der Waals surface area contributed by atoms with E-state index in [0.717, 1.165) is 16.1 Å². The van der Waals surface area contributed by atoms with Crippen LogP contribution in [0.3, 0.4) is 0 Å². The van der Waals surface area contributed by atoms with Crippen molar-refractivity contribution in [1.29, 1.82) is 0 Å². The molecule has 0 spiro atoms. The zero-order chi connectivity index (χ0) is 23.1. The quantitative estimate of drug-likeness (QED) is 0.547. The number of fused-ring (bicyclic) bond motifs is 1. The Morgan fingerprint density at radius 2 is 2.03 bits per heavy atom. The first-order valence-electron chi connectivity index (χ1n) is 10.5. The predicted molar refractivity (Wildman–Crippen MR) is 121 cm³/mol. The second-order valence-corrected chi connectivity index (χ2v) is 9.54. The Labute approximate surface area is 198 Å². The Hall–Kier alpha value is -2.97. The van der Waals surface area contributed by atoms with E-state index in [1.54, 1.807) is 35.8 Å². The van der Waals surface area contributed by atoms with Gasteiger partial charge in [-0.3, -0.25) is 4.79 Å². The highest BCUT2D eigenvalue weighted by Crippen LogP contribution is 2.51.